The van der Waals surface area contributed by atoms with E-state index < -0.39 is 0 Å². The van der Waals surface area contributed by atoms with Gasteiger partial charge in [0.1, 0.15) is 5.78 Å². The SMILES string of the molecule is CCC(=O)[C@H]1CCCC[C@H]1CC(=O)NCCN(C)C. The molecule has 0 aliphatic heterocycles. The zero-order valence-electron chi connectivity index (χ0n) is 12.6. The maximum absolute atomic E-state index is 11.9. The second kappa shape index (κ2) is 8.31. The maximum atomic E-state index is 11.9. The van der Waals surface area contributed by atoms with Crippen LogP contribution in [0.1, 0.15) is 45.4 Å². The fourth-order valence-electron chi connectivity index (χ4n) is 2.87. The third-order valence-corrected chi connectivity index (χ3v) is 4.00. The topological polar surface area (TPSA) is 49.4 Å². The molecule has 1 aliphatic carbocycles. The summed E-state index contributed by atoms with van der Waals surface area (Å²) in [6.07, 6.45) is 5.41. The quantitative estimate of drug-likeness (QED) is 0.766. The largest absolute Gasteiger partial charge is 0.355 e. The van der Waals surface area contributed by atoms with Crippen LogP contribution in [0.15, 0.2) is 0 Å². The van der Waals surface area contributed by atoms with Crippen LogP contribution in [0.3, 0.4) is 0 Å². The molecule has 0 aromatic rings. The van der Waals surface area contributed by atoms with Gasteiger partial charge in [0.05, 0.1) is 0 Å². The van der Waals surface area contributed by atoms with Gasteiger partial charge < -0.3 is 10.2 Å². The van der Waals surface area contributed by atoms with Crippen LogP contribution < -0.4 is 5.32 Å². The van der Waals surface area contributed by atoms with Gasteiger partial charge in [-0.25, -0.2) is 0 Å². The molecule has 4 heteroatoms. The van der Waals surface area contributed by atoms with E-state index in [-0.39, 0.29) is 17.7 Å². The molecule has 1 saturated carbocycles. The molecule has 0 radical (unpaired) electrons. The van der Waals surface area contributed by atoms with Gasteiger partial charge >= 0.3 is 0 Å². The lowest BCUT2D eigenvalue weighted by Gasteiger charge is -2.30. The van der Waals surface area contributed by atoms with E-state index in [1.807, 2.05) is 25.9 Å². The first-order valence-corrected chi connectivity index (χ1v) is 7.48. The van der Waals surface area contributed by atoms with Gasteiger partial charge in [-0.1, -0.05) is 19.8 Å². The van der Waals surface area contributed by atoms with E-state index in [4.69, 9.17) is 0 Å². The molecule has 1 aliphatic rings. The fourth-order valence-corrected chi connectivity index (χ4v) is 2.87. The monoisotopic (exact) mass is 268 g/mol. The van der Waals surface area contributed by atoms with E-state index in [1.54, 1.807) is 0 Å². The van der Waals surface area contributed by atoms with Gasteiger partial charge in [-0.3, -0.25) is 9.59 Å². The Morgan fingerprint density at radius 1 is 1.21 bits per heavy atom. The first-order chi connectivity index (χ1) is 9.04. The van der Waals surface area contributed by atoms with Gasteiger partial charge in [-0.05, 0) is 32.9 Å². The molecule has 0 aromatic heterocycles. The normalized spacial score (nSPS) is 23.4. The van der Waals surface area contributed by atoms with E-state index >= 15 is 0 Å². The Balaban J connectivity index is 2.39. The average molecular weight is 268 g/mol. The number of carbonyl (C=O) groups excluding carboxylic acids is 2. The number of hydrogen-bond donors (Lipinski definition) is 1. The maximum Gasteiger partial charge on any atom is 0.220 e. The summed E-state index contributed by atoms with van der Waals surface area (Å²) in [5, 5.41) is 2.95. The molecule has 1 rings (SSSR count). The third-order valence-electron chi connectivity index (χ3n) is 4.00. The predicted octanol–water partition coefficient (Wildman–Crippen LogP) is 1.84. The first-order valence-electron chi connectivity index (χ1n) is 7.48. The van der Waals surface area contributed by atoms with Crippen molar-refractivity contribution < 1.29 is 9.59 Å². The summed E-state index contributed by atoms with van der Waals surface area (Å²) >= 11 is 0. The van der Waals surface area contributed by atoms with Gasteiger partial charge in [-0.2, -0.15) is 0 Å². The second-order valence-corrected chi connectivity index (χ2v) is 5.83. The van der Waals surface area contributed by atoms with E-state index in [2.05, 4.69) is 5.32 Å². The van der Waals surface area contributed by atoms with Gasteiger partial charge in [0.2, 0.25) is 5.91 Å². The standard InChI is InChI=1S/C15H28N2O2/c1-4-14(18)13-8-6-5-7-12(13)11-15(19)16-9-10-17(2)3/h12-13H,4-11H2,1-3H3,(H,16,19)/t12-,13-/m0/s1. The highest BCUT2D eigenvalue weighted by molar-refractivity contribution is 5.82. The Hall–Kier alpha value is -0.900. The Morgan fingerprint density at radius 2 is 1.89 bits per heavy atom. The van der Waals surface area contributed by atoms with Crippen molar-refractivity contribution in [3.63, 3.8) is 0 Å². The highest BCUT2D eigenvalue weighted by Gasteiger charge is 2.30. The van der Waals surface area contributed by atoms with Crippen molar-refractivity contribution in [3.8, 4) is 0 Å². The van der Waals surface area contributed by atoms with Crippen molar-refractivity contribution >= 4 is 11.7 Å². The minimum absolute atomic E-state index is 0.0997. The number of ketones is 1. The number of likely N-dealkylation sites (N-methyl/N-ethyl adjacent to an activating group) is 1. The molecule has 110 valence electrons. The van der Waals surface area contributed by atoms with Gasteiger partial charge in [0.25, 0.3) is 0 Å². The Bertz CT molecular complexity index is 303. The van der Waals surface area contributed by atoms with Crippen LogP contribution in [0.4, 0.5) is 0 Å². The van der Waals surface area contributed by atoms with Crippen molar-refractivity contribution in [1.82, 2.24) is 10.2 Å². The second-order valence-electron chi connectivity index (χ2n) is 5.83. The minimum Gasteiger partial charge on any atom is -0.355 e. The highest BCUT2D eigenvalue weighted by atomic mass is 16.1. The number of Topliss-reactive ketones (excluding diaryl/α,β-unsaturated/α-hetero) is 1. The van der Waals surface area contributed by atoms with Crippen LogP contribution in [0, 0.1) is 11.8 Å². The van der Waals surface area contributed by atoms with Gasteiger partial charge in [0.15, 0.2) is 0 Å². The van der Waals surface area contributed by atoms with E-state index in [1.165, 1.54) is 0 Å². The minimum atomic E-state index is 0.0997. The van der Waals surface area contributed by atoms with Crippen LogP contribution in [-0.2, 0) is 9.59 Å². The Morgan fingerprint density at radius 3 is 2.53 bits per heavy atom. The summed E-state index contributed by atoms with van der Waals surface area (Å²) in [7, 11) is 3.98. The van der Waals surface area contributed by atoms with Gasteiger partial charge in [0, 0.05) is 31.8 Å². The van der Waals surface area contributed by atoms with E-state index in [9.17, 15) is 9.59 Å². The fraction of sp³-hybridized carbons (Fsp3) is 0.867. The summed E-state index contributed by atoms with van der Waals surface area (Å²) in [5.41, 5.74) is 0. The van der Waals surface area contributed by atoms with Crippen molar-refractivity contribution in [2.75, 3.05) is 27.2 Å². The van der Waals surface area contributed by atoms with Crippen LogP contribution in [0.5, 0.6) is 0 Å². The number of nitrogens with zero attached hydrogens (tertiary/aromatic N) is 1. The zero-order valence-corrected chi connectivity index (χ0v) is 12.6. The third kappa shape index (κ3) is 5.72. The number of carbonyl (C=O) groups is 2. The summed E-state index contributed by atoms with van der Waals surface area (Å²) < 4.78 is 0. The van der Waals surface area contributed by atoms with Crippen LogP contribution in [0.2, 0.25) is 0 Å². The lowest BCUT2D eigenvalue weighted by Crippen LogP contribution is -2.35. The van der Waals surface area contributed by atoms with Crippen LogP contribution in [-0.4, -0.2) is 43.8 Å². The molecule has 0 aromatic carbocycles. The predicted molar refractivity (Wildman–Crippen MR) is 76.9 cm³/mol. The molecule has 1 fully saturated rings. The van der Waals surface area contributed by atoms with Crippen molar-refractivity contribution in [2.24, 2.45) is 11.8 Å². The summed E-state index contributed by atoms with van der Waals surface area (Å²) in [5.74, 6) is 0.826. The molecular formula is C15H28N2O2. The molecule has 2 atom stereocenters. The lowest BCUT2D eigenvalue weighted by atomic mass is 9.74. The number of hydrogen-bond acceptors (Lipinski definition) is 3. The molecule has 0 unspecified atom stereocenters. The summed E-state index contributed by atoms with van der Waals surface area (Å²) in [6.45, 7) is 3.46. The van der Waals surface area contributed by atoms with Crippen molar-refractivity contribution in [1.29, 1.82) is 0 Å². The average Bonchev–Trinajstić information content (AvgIpc) is 2.38. The smallest absolute Gasteiger partial charge is 0.220 e. The number of amides is 1. The molecular weight excluding hydrogens is 240 g/mol. The lowest BCUT2D eigenvalue weighted by molar-refractivity contribution is -0.127. The first kappa shape index (κ1) is 16.2. The number of nitrogens with one attached hydrogen (secondary N) is 1. The van der Waals surface area contributed by atoms with E-state index in [0.717, 1.165) is 32.2 Å². The Kier molecular flexibility index (Phi) is 7.06. The van der Waals surface area contributed by atoms with Crippen LogP contribution >= 0.6 is 0 Å². The van der Waals surface area contributed by atoms with Crippen LogP contribution in [0.25, 0.3) is 0 Å². The molecule has 0 heterocycles. The molecule has 1 N–H and O–H groups in total. The molecule has 0 spiro atoms. The molecule has 19 heavy (non-hydrogen) atoms. The van der Waals surface area contributed by atoms with Crippen molar-refractivity contribution in [2.45, 2.75) is 45.4 Å². The zero-order chi connectivity index (χ0) is 14.3. The highest BCUT2D eigenvalue weighted by Crippen LogP contribution is 2.33. The molecule has 4 nitrogen and oxygen atoms in total. The Labute approximate surface area is 116 Å². The van der Waals surface area contributed by atoms with E-state index in [0.29, 0.717) is 25.2 Å². The van der Waals surface area contributed by atoms with Gasteiger partial charge in [-0.15, -0.1) is 0 Å². The van der Waals surface area contributed by atoms with Crippen molar-refractivity contribution in [3.05, 3.63) is 0 Å². The molecule has 0 bridgehead atoms. The molecule has 0 saturated heterocycles. The summed E-state index contributed by atoms with van der Waals surface area (Å²) in [4.78, 5) is 25.9. The summed E-state index contributed by atoms with van der Waals surface area (Å²) in [6, 6.07) is 0. The number of rotatable bonds is 7. The molecule has 1 amide bonds.